The Balaban J connectivity index is 2.40. The number of aliphatic hydroxyl groups excluding tert-OH is 1. The van der Waals surface area contributed by atoms with Gasteiger partial charge in [-0.25, -0.2) is 8.42 Å². The summed E-state index contributed by atoms with van der Waals surface area (Å²) in [4.78, 5) is -0.716. The van der Waals surface area contributed by atoms with E-state index in [2.05, 4.69) is 10.5 Å². The zero-order valence-electron chi connectivity index (χ0n) is 12.9. The van der Waals surface area contributed by atoms with E-state index in [-0.39, 0.29) is 10.6 Å². The molecule has 2 aromatic rings. The lowest BCUT2D eigenvalue weighted by molar-refractivity contribution is 0.319. The van der Waals surface area contributed by atoms with E-state index in [1.54, 1.807) is 24.3 Å². The molecule has 2 rings (SSSR count). The fourth-order valence-electron chi connectivity index (χ4n) is 1.97. The molecule has 2 aromatic carbocycles. The van der Waals surface area contributed by atoms with Gasteiger partial charge in [0.2, 0.25) is 0 Å². The summed E-state index contributed by atoms with van der Waals surface area (Å²) in [6, 6.07) is 11.9. The maximum atomic E-state index is 12.0. The largest absolute Gasteiger partial charge is 0.395 e. The zero-order valence-corrected chi connectivity index (χ0v) is 14.5. The fraction of sp³-hybridized carbons (Fsp3) is 0.133. The fourth-order valence-corrected chi connectivity index (χ4v) is 3.64. The number of anilines is 1. The van der Waals surface area contributed by atoms with Crippen LogP contribution in [0, 0.1) is 0 Å². The molecule has 0 fully saturated rings. The highest BCUT2D eigenvalue weighted by Gasteiger charge is 2.20. The quantitative estimate of drug-likeness (QED) is 0.370. The molecule has 0 aromatic heterocycles. The van der Waals surface area contributed by atoms with Gasteiger partial charge in [0, 0.05) is 0 Å². The van der Waals surface area contributed by atoms with Gasteiger partial charge in [-0.05, 0) is 23.8 Å². The van der Waals surface area contributed by atoms with E-state index in [0.29, 0.717) is 0 Å². The number of nitrogens with zero attached hydrogens (tertiary/aromatic N) is 1. The minimum atomic E-state index is -4.58. The molecule has 25 heavy (non-hydrogen) atoms. The van der Waals surface area contributed by atoms with Crippen LogP contribution in [0.5, 0.6) is 0 Å². The number of nitrogens with one attached hydrogen (secondary N) is 1. The summed E-state index contributed by atoms with van der Waals surface area (Å²) in [6.07, 6.45) is 1.41. The van der Waals surface area contributed by atoms with Crippen molar-refractivity contribution in [1.29, 1.82) is 0 Å². The minimum Gasteiger partial charge on any atom is -0.395 e. The van der Waals surface area contributed by atoms with Gasteiger partial charge in [0.25, 0.3) is 10.1 Å². The standard InChI is InChI=1S/C15H16N2O6S2/c18-8-9-24(19,20)13-6-7-15(25(21,22)23)14(10-13)17-16-11-12-4-2-1-3-5-12/h1-7,10-11,17-18H,8-9H2,(H,21,22,23). The van der Waals surface area contributed by atoms with Gasteiger partial charge < -0.3 is 5.11 Å². The monoisotopic (exact) mass is 384 g/mol. The molecule has 0 saturated carbocycles. The van der Waals surface area contributed by atoms with Crippen molar-refractivity contribution in [1.82, 2.24) is 0 Å². The Bertz CT molecular complexity index is 970. The van der Waals surface area contributed by atoms with Gasteiger partial charge in [-0.1, -0.05) is 30.3 Å². The molecule has 0 saturated heterocycles. The highest BCUT2D eigenvalue weighted by Crippen LogP contribution is 2.25. The van der Waals surface area contributed by atoms with E-state index in [1.165, 1.54) is 6.21 Å². The summed E-state index contributed by atoms with van der Waals surface area (Å²) in [5.74, 6) is -0.509. The lowest BCUT2D eigenvalue weighted by Crippen LogP contribution is -2.11. The lowest BCUT2D eigenvalue weighted by Gasteiger charge is -2.09. The molecule has 0 bridgehead atoms. The van der Waals surface area contributed by atoms with Crippen molar-refractivity contribution in [3.05, 3.63) is 54.1 Å². The second-order valence-electron chi connectivity index (χ2n) is 4.96. The van der Waals surface area contributed by atoms with Gasteiger partial charge in [-0.15, -0.1) is 0 Å². The summed E-state index contributed by atoms with van der Waals surface area (Å²) >= 11 is 0. The van der Waals surface area contributed by atoms with Crippen LogP contribution in [0.1, 0.15) is 5.56 Å². The first-order chi connectivity index (χ1) is 11.7. The number of hydrogen-bond donors (Lipinski definition) is 3. The van der Waals surface area contributed by atoms with Crippen molar-refractivity contribution in [2.45, 2.75) is 9.79 Å². The third-order valence-electron chi connectivity index (χ3n) is 3.15. The molecule has 0 aliphatic heterocycles. The van der Waals surface area contributed by atoms with Crippen molar-refractivity contribution in [2.75, 3.05) is 17.8 Å². The van der Waals surface area contributed by atoms with Crippen LogP contribution in [0.2, 0.25) is 0 Å². The van der Waals surface area contributed by atoms with Crippen LogP contribution < -0.4 is 5.43 Å². The molecule has 0 unspecified atom stereocenters. The second kappa shape index (κ2) is 7.74. The third-order valence-corrected chi connectivity index (χ3v) is 5.75. The topological polar surface area (TPSA) is 133 Å². The summed E-state index contributed by atoms with van der Waals surface area (Å²) < 4.78 is 56.2. The van der Waals surface area contributed by atoms with Crippen molar-refractivity contribution in [3.63, 3.8) is 0 Å². The first kappa shape index (κ1) is 19.1. The van der Waals surface area contributed by atoms with Gasteiger partial charge >= 0.3 is 0 Å². The van der Waals surface area contributed by atoms with Gasteiger partial charge in [0.05, 0.1) is 29.2 Å². The maximum absolute atomic E-state index is 12.0. The average Bonchev–Trinajstić information content (AvgIpc) is 2.55. The lowest BCUT2D eigenvalue weighted by atomic mass is 10.2. The van der Waals surface area contributed by atoms with E-state index in [0.717, 1.165) is 23.8 Å². The molecule has 0 aliphatic carbocycles. The summed E-state index contributed by atoms with van der Waals surface area (Å²) in [5.41, 5.74) is 2.96. The molecule has 8 nitrogen and oxygen atoms in total. The Morgan fingerprint density at radius 2 is 1.72 bits per heavy atom. The van der Waals surface area contributed by atoms with Crippen LogP contribution in [-0.4, -0.2) is 45.1 Å². The summed E-state index contributed by atoms with van der Waals surface area (Å²) in [7, 11) is -8.37. The van der Waals surface area contributed by atoms with E-state index < -0.39 is 37.2 Å². The summed E-state index contributed by atoms with van der Waals surface area (Å²) in [5, 5.41) is 12.7. The van der Waals surface area contributed by atoms with Crippen molar-refractivity contribution >= 4 is 31.9 Å². The van der Waals surface area contributed by atoms with Crippen molar-refractivity contribution < 1.29 is 26.5 Å². The Labute approximate surface area is 145 Å². The van der Waals surface area contributed by atoms with Crippen LogP contribution in [-0.2, 0) is 20.0 Å². The minimum absolute atomic E-state index is 0.200. The number of aliphatic hydroxyl groups is 1. The van der Waals surface area contributed by atoms with Gasteiger partial charge in [0.15, 0.2) is 9.84 Å². The predicted molar refractivity (Wildman–Crippen MR) is 93.1 cm³/mol. The third kappa shape index (κ3) is 5.10. The number of hydrogen-bond acceptors (Lipinski definition) is 7. The van der Waals surface area contributed by atoms with Gasteiger partial charge in [-0.3, -0.25) is 9.98 Å². The number of rotatable bonds is 7. The van der Waals surface area contributed by atoms with E-state index in [1.807, 2.05) is 6.07 Å². The predicted octanol–water partition coefficient (Wildman–Crippen LogP) is 1.15. The average molecular weight is 384 g/mol. The molecule has 0 radical (unpaired) electrons. The van der Waals surface area contributed by atoms with Crippen molar-refractivity contribution in [3.8, 4) is 0 Å². The number of benzene rings is 2. The zero-order chi connectivity index (χ0) is 18.5. The highest BCUT2D eigenvalue weighted by molar-refractivity contribution is 7.91. The molecule has 0 heterocycles. The van der Waals surface area contributed by atoms with Gasteiger partial charge in [0.1, 0.15) is 4.90 Å². The molecule has 3 N–H and O–H groups in total. The SMILES string of the molecule is O=S(=O)(O)c1ccc(S(=O)(=O)CCO)cc1NN=Cc1ccccc1. The van der Waals surface area contributed by atoms with E-state index >= 15 is 0 Å². The van der Waals surface area contributed by atoms with Gasteiger partial charge in [-0.2, -0.15) is 13.5 Å². The van der Waals surface area contributed by atoms with Crippen LogP contribution in [0.4, 0.5) is 5.69 Å². The number of sulfone groups is 1. The van der Waals surface area contributed by atoms with Crippen molar-refractivity contribution in [2.24, 2.45) is 5.10 Å². The van der Waals surface area contributed by atoms with Crippen LogP contribution in [0.3, 0.4) is 0 Å². The Morgan fingerprint density at radius 3 is 2.32 bits per heavy atom. The molecule has 0 aliphatic rings. The first-order valence-corrected chi connectivity index (χ1v) is 10.1. The highest BCUT2D eigenvalue weighted by atomic mass is 32.2. The maximum Gasteiger partial charge on any atom is 0.296 e. The van der Waals surface area contributed by atoms with E-state index in [4.69, 9.17) is 5.11 Å². The molecular formula is C15H16N2O6S2. The Morgan fingerprint density at radius 1 is 1.04 bits per heavy atom. The molecule has 0 amide bonds. The Hall–Kier alpha value is -2.27. The molecule has 0 atom stereocenters. The first-order valence-electron chi connectivity index (χ1n) is 7.03. The summed E-state index contributed by atoms with van der Waals surface area (Å²) in [6.45, 7) is -0.572. The molecule has 134 valence electrons. The number of hydrazone groups is 1. The van der Waals surface area contributed by atoms with Crippen LogP contribution >= 0.6 is 0 Å². The van der Waals surface area contributed by atoms with Crippen LogP contribution in [0.15, 0.2) is 63.4 Å². The van der Waals surface area contributed by atoms with Crippen LogP contribution in [0.25, 0.3) is 0 Å². The Kier molecular flexibility index (Phi) is 5.90. The molecular weight excluding hydrogens is 368 g/mol. The molecule has 0 spiro atoms. The normalized spacial score (nSPS) is 12.4. The smallest absolute Gasteiger partial charge is 0.296 e. The second-order valence-corrected chi connectivity index (χ2v) is 8.46. The molecule has 10 heteroatoms. The van der Waals surface area contributed by atoms with E-state index in [9.17, 15) is 21.4 Å².